The molecule has 1 rings (SSSR count). The molecule has 0 unspecified atom stereocenters. The third-order valence-electron chi connectivity index (χ3n) is 2.85. The van der Waals surface area contributed by atoms with Gasteiger partial charge < -0.3 is 10.1 Å². The molecule has 2 nitrogen and oxygen atoms in total. The molecule has 18 heavy (non-hydrogen) atoms. The zero-order chi connectivity index (χ0) is 13.5. The Balaban J connectivity index is 2.67. The van der Waals surface area contributed by atoms with Crippen LogP contribution >= 0.6 is 0 Å². The number of nitrogens with one attached hydrogen (secondary N) is 1. The molecule has 1 N–H and O–H groups in total. The summed E-state index contributed by atoms with van der Waals surface area (Å²) in [6, 6.07) is 4.46. The highest BCUT2D eigenvalue weighted by atomic mass is 16.5. The van der Waals surface area contributed by atoms with Crippen LogP contribution in [0.5, 0.6) is 5.75 Å². The number of rotatable bonds is 7. The lowest BCUT2D eigenvalue weighted by atomic mass is 10.1. The lowest BCUT2D eigenvalue weighted by Gasteiger charge is -2.14. The number of ether oxygens (including phenoxy) is 1. The highest BCUT2D eigenvalue weighted by molar-refractivity contribution is 5.43. The van der Waals surface area contributed by atoms with Crippen molar-refractivity contribution in [2.24, 2.45) is 5.92 Å². The Bertz CT molecular complexity index is 348. The number of aryl methyl sites for hydroxylation is 2. The lowest BCUT2D eigenvalue weighted by molar-refractivity contribution is 0.313. The average Bonchev–Trinajstić information content (AvgIpc) is 2.27. The van der Waals surface area contributed by atoms with Gasteiger partial charge in [0.15, 0.2) is 0 Å². The van der Waals surface area contributed by atoms with Crippen LogP contribution in [-0.4, -0.2) is 13.2 Å². The van der Waals surface area contributed by atoms with Crippen molar-refractivity contribution in [1.29, 1.82) is 0 Å². The van der Waals surface area contributed by atoms with Gasteiger partial charge in [-0.05, 0) is 49.4 Å². The Hall–Kier alpha value is -1.02. The first-order chi connectivity index (χ1) is 8.54. The number of hydrogen-bond donors (Lipinski definition) is 1. The van der Waals surface area contributed by atoms with Crippen LogP contribution in [0.3, 0.4) is 0 Å². The van der Waals surface area contributed by atoms with E-state index in [4.69, 9.17) is 4.74 Å². The van der Waals surface area contributed by atoms with Crippen LogP contribution in [0.2, 0.25) is 0 Å². The maximum Gasteiger partial charge on any atom is 0.125 e. The molecule has 1 aromatic carbocycles. The van der Waals surface area contributed by atoms with Gasteiger partial charge in [0, 0.05) is 6.54 Å². The van der Waals surface area contributed by atoms with Gasteiger partial charge in [-0.1, -0.05) is 32.9 Å². The topological polar surface area (TPSA) is 21.3 Å². The summed E-state index contributed by atoms with van der Waals surface area (Å²) >= 11 is 0. The van der Waals surface area contributed by atoms with E-state index in [1.165, 1.54) is 16.7 Å². The predicted molar refractivity (Wildman–Crippen MR) is 78.2 cm³/mol. The van der Waals surface area contributed by atoms with Gasteiger partial charge >= 0.3 is 0 Å². The van der Waals surface area contributed by atoms with Crippen molar-refractivity contribution in [3.05, 3.63) is 28.8 Å². The van der Waals surface area contributed by atoms with Crippen LogP contribution in [0.1, 0.15) is 43.9 Å². The minimum absolute atomic E-state index is 0.694. The third kappa shape index (κ3) is 4.69. The summed E-state index contributed by atoms with van der Waals surface area (Å²) in [7, 11) is 0. The molecule has 1 aromatic rings. The van der Waals surface area contributed by atoms with Gasteiger partial charge in [-0.25, -0.2) is 0 Å². The van der Waals surface area contributed by atoms with Gasteiger partial charge in [-0.2, -0.15) is 0 Å². The molecule has 0 heterocycles. The Morgan fingerprint density at radius 3 is 2.28 bits per heavy atom. The molecule has 0 aliphatic carbocycles. The van der Waals surface area contributed by atoms with Crippen molar-refractivity contribution < 1.29 is 4.74 Å². The summed E-state index contributed by atoms with van der Waals surface area (Å²) in [6.07, 6.45) is 1.05. The second kappa shape index (κ2) is 7.42. The normalized spacial score (nSPS) is 11.0. The van der Waals surface area contributed by atoms with E-state index < -0.39 is 0 Å². The van der Waals surface area contributed by atoms with Gasteiger partial charge in [0.05, 0.1) is 6.61 Å². The molecule has 0 aliphatic rings. The summed E-state index contributed by atoms with van der Waals surface area (Å²) in [5.41, 5.74) is 3.82. The predicted octanol–water partition coefficient (Wildman–Crippen LogP) is 3.84. The van der Waals surface area contributed by atoms with E-state index in [9.17, 15) is 0 Å². The molecular formula is C16H27NO. The molecule has 102 valence electrons. The van der Waals surface area contributed by atoms with Crippen molar-refractivity contribution in [3.8, 4) is 5.75 Å². The maximum atomic E-state index is 5.79. The molecule has 0 radical (unpaired) electrons. The zero-order valence-corrected chi connectivity index (χ0v) is 12.5. The smallest absolute Gasteiger partial charge is 0.125 e. The summed E-state index contributed by atoms with van der Waals surface area (Å²) in [5, 5.41) is 3.48. The maximum absolute atomic E-state index is 5.79. The van der Waals surface area contributed by atoms with E-state index in [1.54, 1.807) is 0 Å². The first-order valence-corrected chi connectivity index (χ1v) is 6.98. The molecule has 0 fully saturated rings. The Labute approximate surface area is 112 Å². The zero-order valence-electron chi connectivity index (χ0n) is 12.5. The highest BCUT2D eigenvalue weighted by Crippen LogP contribution is 2.25. The minimum atomic E-state index is 0.694. The van der Waals surface area contributed by atoms with Gasteiger partial charge in [0.2, 0.25) is 0 Å². The molecule has 0 bridgehead atoms. The van der Waals surface area contributed by atoms with Crippen molar-refractivity contribution in [3.63, 3.8) is 0 Å². The van der Waals surface area contributed by atoms with Gasteiger partial charge in [-0.15, -0.1) is 0 Å². The summed E-state index contributed by atoms with van der Waals surface area (Å²) < 4.78 is 5.79. The van der Waals surface area contributed by atoms with Crippen molar-refractivity contribution in [2.75, 3.05) is 13.2 Å². The third-order valence-corrected chi connectivity index (χ3v) is 2.85. The molecule has 0 aromatic heterocycles. The number of hydrogen-bond acceptors (Lipinski definition) is 2. The monoisotopic (exact) mass is 249 g/mol. The fourth-order valence-corrected chi connectivity index (χ4v) is 2.08. The standard InChI is InChI=1S/C16H27NO/c1-6-7-18-16-13(4)8-15(9-14(16)5)11-17-10-12(2)3/h8-9,12,17H,6-7,10-11H2,1-5H3. The molecule has 0 saturated carbocycles. The summed E-state index contributed by atoms with van der Waals surface area (Å²) in [6.45, 7) is 13.6. The van der Waals surface area contributed by atoms with E-state index in [-0.39, 0.29) is 0 Å². The Morgan fingerprint density at radius 1 is 1.17 bits per heavy atom. The SMILES string of the molecule is CCCOc1c(C)cc(CNCC(C)C)cc1C. The van der Waals surface area contributed by atoms with E-state index in [2.05, 4.69) is 52.1 Å². The second-order valence-electron chi connectivity index (χ2n) is 5.43. The van der Waals surface area contributed by atoms with Gasteiger partial charge in [0.1, 0.15) is 5.75 Å². The van der Waals surface area contributed by atoms with Crippen LogP contribution in [0, 0.1) is 19.8 Å². The quantitative estimate of drug-likeness (QED) is 0.793. The largest absolute Gasteiger partial charge is 0.493 e. The van der Waals surface area contributed by atoms with Crippen molar-refractivity contribution in [1.82, 2.24) is 5.32 Å². The van der Waals surface area contributed by atoms with Crippen molar-refractivity contribution >= 4 is 0 Å². The molecule has 0 aliphatic heterocycles. The fraction of sp³-hybridized carbons (Fsp3) is 0.625. The van der Waals surface area contributed by atoms with E-state index in [1.807, 2.05) is 0 Å². The number of benzene rings is 1. The molecule has 0 amide bonds. The molecule has 0 atom stereocenters. The van der Waals surface area contributed by atoms with Crippen LogP contribution in [-0.2, 0) is 6.54 Å². The van der Waals surface area contributed by atoms with E-state index >= 15 is 0 Å². The molecule has 0 saturated heterocycles. The highest BCUT2D eigenvalue weighted by Gasteiger charge is 2.06. The Kier molecular flexibility index (Phi) is 6.20. The average molecular weight is 249 g/mol. The minimum Gasteiger partial charge on any atom is -0.493 e. The van der Waals surface area contributed by atoms with E-state index in [0.717, 1.165) is 31.9 Å². The van der Waals surface area contributed by atoms with Crippen molar-refractivity contribution in [2.45, 2.75) is 47.6 Å². The first-order valence-electron chi connectivity index (χ1n) is 6.98. The fourth-order valence-electron chi connectivity index (χ4n) is 2.08. The second-order valence-corrected chi connectivity index (χ2v) is 5.43. The Morgan fingerprint density at radius 2 is 1.78 bits per heavy atom. The van der Waals surface area contributed by atoms with E-state index in [0.29, 0.717) is 5.92 Å². The first kappa shape index (κ1) is 15.0. The molecule has 2 heteroatoms. The van der Waals surface area contributed by atoms with Gasteiger partial charge in [-0.3, -0.25) is 0 Å². The summed E-state index contributed by atoms with van der Waals surface area (Å²) in [4.78, 5) is 0. The summed E-state index contributed by atoms with van der Waals surface area (Å²) in [5.74, 6) is 1.75. The molecule has 0 spiro atoms. The van der Waals surface area contributed by atoms with Crippen LogP contribution in [0.25, 0.3) is 0 Å². The lowest BCUT2D eigenvalue weighted by Crippen LogP contribution is -2.19. The van der Waals surface area contributed by atoms with Gasteiger partial charge in [0.25, 0.3) is 0 Å². The molecular weight excluding hydrogens is 222 g/mol. The van der Waals surface area contributed by atoms with Crippen LogP contribution < -0.4 is 10.1 Å². The van der Waals surface area contributed by atoms with Crippen LogP contribution in [0.4, 0.5) is 0 Å². The van der Waals surface area contributed by atoms with Crippen LogP contribution in [0.15, 0.2) is 12.1 Å².